The summed E-state index contributed by atoms with van der Waals surface area (Å²) in [5.74, 6) is 0. The summed E-state index contributed by atoms with van der Waals surface area (Å²) in [7, 11) is 0. The Morgan fingerprint density at radius 3 is 2.18 bits per heavy atom. The van der Waals surface area contributed by atoms with Crippen LogP contribution in [0.4, 0.5) is 0 Å². The molecule has 0 saturated heterocycles. The van der Waals surface area contributed by atoms with Crippen molar-refractivity contribution in [2.75, 3.05) is 0 Å². The molecular weight excluding hydrogens is 420 g/mol. The number of fused-ring (bicyclic) bond motifs is 10. The second kappa shape index (κ2) is 6.42. The number of para-hydroxylation sites is 1. The lowest BCUT2D eigenvalue weighted by molar-refractivity contribution is 0.633. The van der Waals surface area contributed by atoms with Gasteiger partial charge in [-0.2, -0.15) is 0 Å². The van der Waals surface area contributed by atoms with E-state index in [0.717, 1.165) is 76.8 Å². The standard InChI is InChI=1S/C30H16N2O2/c1-2-6-25-21(5-1)22-10-11-23-24-15-18(9-12-26(24)34-30(23)29(22)33-25)20-14-19-8-7-17-4-3-13-31-27(17)28(19)32-16-20/h1-16H. The first-order valence-corrected chi connectivity index (χ1v) is 11.2. The van der Waals surface area contributed by atoms with Gasteiger partial charge in [-0.15, -0.1) is 0 Å². The van der Waals surface area contributed by atoms with Crippen LogP contribution in [-0.2, 0) is 0 Å². The first kappa shape index (κ1) is 17.8. The molecule has 0 radical (unpaired) electrons. The monoisotopic (exact) mass is 436 g/mol. The molecule has 8 rings (SSSR count). The van der Waals surface area contributed by atoms with Crippen LogP contribution in [0.15, 0.2) is 106 Å². The highest BCUT2D eigenvalue weighted by Gasteiger charge is 2.16. The number of hydrogen-bond donors (Lipinski definition) is 0. The van der Waals surface area contributed by atoms with Gasteiger partial charge in [0.1, 0.15) is 11.2 Å². The molecule has 4 heterocycles. The fourth-order valence-electron chi connectivity index (χ4n) is 5.09. The number of nitrogens with zero attached hydrogens (tertiary/aromatic N) is 2. The minimum absolute atomic E-state index is 0.787. The molecule has 0 aliphatic heterocycles. The predicted octanol–water partition coefficient (Wildman–Crippen LogP) is 8.25. The summed E-state index contributed by atoms with van der Waals surface area (Å²) in [4.78, 5) is 9.32. The fourth-order valence-corrected chi connectivity index (χ4v) is 5.09. The van der Waals surface area contributed by atoms with Crippen molar-refractivity contribution in [3.05, 3.63) is 97.3 Å². The molecule has 0 amide bonds. The summed E-state index contributed by atoms with van der Waals surface area (Å²) >= 11 is 0. The summed E-state index contributed by atoms with van der Waals surface area (Å²) in [6.45, 7) is 0. The second-order valence-corrected chi connectivity index (χ2v) is 8.67. The molecule has 0 aliphatic rings. The van der Waals surface area contributed by atoms with Crippen LogP contribution in [0.25, 0.3) is 76.8 Å². The van der Waals surface area contributed by atoms with Gasteiger partial charge in [0.2, 0.25) is 0 Å². The number of furan rings is 2. The number of aromatic nitrogens is 2. The Balaban J connectivity index is 1.34. The van der Waals surface area contributed by atoms with Crippen LogP contribution in [0.5, 0.6) is 0 Å². The number of pyridine rings is 2. The average Bonchev–Trinajstić information content (AvgIpc) is 3.46. The third-order valence-electron chi connectivity index (χ3n) is 6.74. The van der Waals surface area contributed by atoms with Crippen molar-refractivity contribution in [3.63, 3.8) is 0 Å². The van der Waals surface area contributed by atoms with Crippen LogP contribution in [0.3, 0.4) is 0 Å². The van der Waals surface area contributed by atoms with E-state index in [4.69, 9.17) is 13.8 Å². The van der Waals surface area contributed by atoms with E-state index in [1.807, 2.05) is 42.7 Å². The van der Waals surface area contributed by atoms with Crippen LogP contribution >= 0.6 is 0 Å². The zero-order valence-electron chi connectivity index (χ0n) is 17.9. The van der Waals surface area contributed by atoms with Gasteiger partial charge < -0.3 is 8.83 Å². The normalized spacial score (nSPS) is 12.1. The Labute approximate surface area is 193 Å². The molecule has 8 aromatic rings. The molecule has 4 nitrogen and oxygen atoms in total. The molecule has 4 aromatic carbocycles. The Kier molecular flexibility index (Phi) is 3.36. The van der Waals surface area contributed by atoms with Crippen LogP contribution in [-0.4, -0.2) is 9.97 Å². The molecule has 0 saturated carbocycles. The van der Waals surface area contributed by atoms with E-state index in [9.17, 15) is 0 Å². The predicted molar refractivity (Wildman–Crippen MR) is 137 cm³/mol. The van der Waals surface area contributed by atoms with Gasteiger partial charge in [0.25, 0.3) is 0 Å². The first-order valence-electron chi connectivity index (χ1n) is 11.2. The Bertz CT molecular complexity index is 2080. The molecule has 4 heteroatoms. The smallest absolute Gasteiger partial charge is 0.178 e. The third kappa shape index (κ3) is 2.37. The highest BCUT2D eigenvalue weighted by molar-refractivity contribution is 6.19. The highest BCUT2D eigenvalue weighted by atomic mass is 16.4. The van der Waals surface area contributed by atoms with Crippen molar-refractivity contribution < 1.29 is 8.83 Å². The minimum Gasteiger partial charge on any atom is -0.452 e. The molecule has 0 aliphatic carbocycles. The summed E-state index contributed by atoms with van der Waals surface area (Å²) in [5.41, 5.74) is 7.30. The van der Waals surface area contributed by atoms with Crippen molar-refractivity contribution in [2.45, 2.75) is 0 Å². The van der Waals surface area contributed by atoms with E-state index < -0.39 is 0 Å². The minimum atomic E-state index is 0.787. The van der Waals surface area contributed by atoms with Crippen molar-refractivity contribution in [1.82, 2.24) is 9.97 Å². The van der Waals surface area contributed by atoms with E-state index >= 15 is 0 Å². The summed E-state index contributed by atoms with van der Waals surface area (Å²) < 4.78 is 12.5. The Morgan fingerprint density at radius 1 is 0.500 bits per heavy atom. The Hall–Kier alpha value is -4.70. The maximum Gasteiger partial charge on any atom is 0.178 e. The highest BCUT2D eigenvalue weighted by Crippen LogP contribution is 2.39. The van der Waals surface area contributed by atoms with Crippen LogP contribution in [0, 0.1) is 0 Å². The molecular formula is C30H16N2O2. The number of benzene rings is 4. The molecule has 0 atom stereocenters. The molecule has 4 aromatic heterocycles. The lowest BCUT2D eigenvalue weighted by atomic mass is 10.0. The maximum absolute atomic E-state index is 6.29. The SMILES string of the molecule is c1cnc2c(c1)ccc1cc(-c3ccc4oc5c(ccc6c7ccccc7oc65)c4c3)cnc12. The van der Waals surface area contributed by atoms with Crippen molar-refractivity contribution >= 4 is 65.7 Å². The van der Waals surface area contributed by atoms with Crippen LogP contribution in [0.2, 0.25) is 0 Å². The summed E-state index contributed by atoms with van der Waals surface area (Å²) in [6.07, 6.45) is 3.74. The average molecular weight is 436 g/mol. The van der Waals surface area contributed by atoms with Crippen molar-refractivity contribution in [1.29, 1.82) is 0 Å². The van der Waals surface area contributed by atoms with E-state index in [2.05, 4.69) is 59.6 Å². The molecule has 0 fully saturated rings. The third-order valence-corrected chi connectivity index (χ3v) is 6.74. The van der Waals surface area contributed by atoms with E-state index in [0.29, 0.717) is 0 Å². The molecule has 0 unspecified atom stereocenters. The molecule has 0 bridgehead atoms. The largest absolute Gasteiger partial charge is 0.452 e. The molecule has 34 heavy (non-hydrogen) atoms. The number of rotatable bonds is 1. The van der Waals surface area contributed by atoms with Gasteiger partial charge in [-0.3, -0.25) is 9.97 Å². The van der Waals surface area contributed by atoms with Gasteiger partial charge in [-0.05, 0) is 48.0 Å². The second-order valence-electron chi connectivity index (χ2n) is 8.67. The van der Waals surface area contributed by atoms with Gasteiger partial charge in [0.05, 0.1) is 11.0 Å². The zero-order chi connectivity index (χ0) is 22.2. The van der Waals surface area contributed by atoms with Gasteiger partial charge >= 0.3 is 0 Å². The maximum atomic E-state index is 6.29. The van der Waals surface area contributed by atoms with Gasteiger partial charge in [-0.25, -0.2) is 0 Å². The van der Waals surface area contributed by atoms with E-state index in [1.165, 1.54) is 0 Å². The van der Waals surface area contributed by atoms with Gasteiger partial charge in [0, 0.05) is 50.3 Å². The first-order chi connectivity index (χ1) is 16.8. The van der Waals surface area contributed by atoms with Gasteiger partial charge in [-0.1, -0.05) is 42.5 Å². The lowest BCUT2D eigenvalue weighted by Crippen LogP contribution is -1.87. The topological polar surface area (TPSA) is 52.1 Å². The fraction of sp³-hybridized carbons (Fsp3) is 0. The molecule has 0 spiro atoms. The summed E-state index contributed by atoms with van der Waals surface area (Å²) in [6, 6.07) is 29.1. The quantitative estimate of drug-likeness (QED) is 0.243. The lowest BCUT2D eigenvalue weighted by Gasteiger charge is -2.06. The molecule has 158 valence electrons. The van der Waals surface area contributed by atoms with E-state index in [-0.39, 0.29) is 0 Å². The Morgan fingerprint density at radius 2 is 1.26 bits per heavy atom. The van der Waals surface area contributed by atoms with Crippen LogP contribution < -0.4 is 0 Å². The van der Waals surface area contributed by atoms with E-state index in [1.54, 1.807) is 0 Å². The number of hydrogen-bond acceptors (Lipinski definition) is 4. The van der Waals surface area contributed by atoms with Crippen molar-refractivity contribution in [3.8, 4) is 11.1 Å². The van der Waals surface area contributed by atoms with Crippen LogP contribution in [0.1, 0.15) is 0 Å². The van der Waals surface area contributed by atoms with Gasteiger partial charge in [0.15, 0.2) is 11.2 Å². The zero-order valence-corrected chi connectivity index (χ0v) is 17.9. The summed E-state index contributed by atoms with van der Waals surface area (Å²) in [5, 5.41) is 6.46. The molecule has 0 N–H and O–H groups in total. The van der Waals surface area contributed by atoms with Crippen molar-refractivity contribution in [2.24, 2.45) is 0 Å².